The van der Waals surface area contributed by atoms with Crippen LogP contribution in [0.4, 0.5) is 15.8 Å². The van der Waals surface area contributed by atoms with Crippen LogP contribution in [-0.4, -0.2) is 18.3 Å². The molecule has 0 saturated carbocycles. The molecule has 1 heterocycles. The molecule has 1 aromatic heterocycles. The number of nitrogens with one attached hydrogen (secondary N) is 2. The summed E-state index contributed by atoms with van der Waals surface area (Å²) < 4.78 is 39.1. The van der Waals surface area contributed by atoms with E-state index in [1.165, 1.54) is 6.20 Å². The van der Waals surface area contributed by atoms with E-state index in [2.05, 4.69) is 4.98 Å². The van der Waals surface area contributed by atoms with Gasteiger partial charge in [-0.05, 0) is 6.07 Å². The van der Waals surface area contributed by atoms with Crippen LogP contribution in [0.3, 0.4) is 0 Å². The van der Waals surface area contributed by atoms with Crippen molar-refractivity contribution in [3.05, 3.63) is 62.8 Å². The Hall–Kier alpha value is -2.75. The summed E-state index contributed by atoms with van der Waals surface area (Å²) in [5.41, 5.74) is -1.74. The summed E-state index contributed by atoms with van der Waals surface area (Å²) in [6, 6.07) is 3.26. The number of anilines is 1. The number of nitrogens with zero attached hydrogens (tertiary/aromatic N) is 1. The summed E-state index contributed by atoms with van der Waals surface area (Å²) in [7, 11) is -4.29. The highest BCUT2D eigenvalue weighted by molar-refractivity contribution is 7.92. The molecule has 0 fully saturated rings. The van der Waals surface area contributed by atoms with Crippen LogP contribution in [0, 0.1) is 15.9 Å². The smallest absolute Gasteiger partial charge is 0.274 e. The zero-order valence-electron chi connectivity index (χ0n) is 10.2. The largest absolute Gasteiger partial charge is 0.366 e. The van der Waals surface area contributed by atoms with Gasteiger partial charge >= 0.3 is 0 Å². The minimum atomic E-state index is -4.29. The fourth-order valence-corrected chi connectivity index (χ4v) is 2.65. The number of hydrogen-bond acceptors (Lipinski definition) is 5. The van der Waals surface area contributed by atoms with E-state index in [9.17, 15) is 27.7 Å². The molecule has 2 N–H and O–H groups in total. The zero-order chi connectivity index (χ0) is 15.6. The Morgan fingerprint density at radius 3 is 2.62 bits per heavy atom. The first-order valence-corrected chi connectivity index (χ1v) is 6.93. The second-order valence-corrected chi connectivity index (χ2v) is 5.58. The van der Waals surface area contributed by atoms with Gasteiger partial charge in [-0.1, -0.05) is 0 Å². The monoisotopic (exact) mass is 313 g/mol. The first-order valence-electron chi connectivity index (χ1n) is 5.44. The quantitative estimate of drug-likeness (QED) is 0.649. The summed E-state index contributed by atoms with van der Waals surface area (Å²) in [6.07, 6.45) is 2.20. The molecule has 0 bridgehead atoms. The van der Waals surface area contributed by atoms with Gasteiger partial charge in [-0.25, -0.2) is 12.8 Å². The lowest BCUT2D eigenvalue weighted by atomic mass is 10.3. The summed E-state index contributed by atoms with van der Waals surface area (Å²) in [6.45, 7) is 0. The number of halogens is 1. The Morgan fingerprint density at radius 2 is 2.00 bits per heavy atom. The average Bonchev–Trinajstić information content (AvgIpc) is 2.37. The SMILES string of the molecule is O=c1cc[nH]cc1S(=O)(=O)Nc1cc(F)cc([N+](=O)[O-])c1. The molecule has 0 aliphatic heterocycles. The maximum Gasteiger partial charge on any atom is 0.274 e. The van der Waals surface area contributed by atoms with Crippen LogP contribution >= 0.6 is 0 Å². The molecule has 0 atom stereocenters. The van der Waals surface area contributed by atoms with Crippen molar-refractivity contribution in [1.29, 1.82) is 0 Å². The van der Waals surface area contributed by atoms with Gasteiger partial charge in [0.05, 0.1) is 16.7 Å². The van der Waals surface area contributed by atoms with Gasteiger partial charge in [0.15, 0.2) is 4.90 Å². The van der Waals surface area contributed by atoms with E-state index >= 15 is 0 Å². The molecule has 10 heteroatoms. The van der Waals surface area contributed by atoms with E-state index in [1.807, 2.05) is 4.72 Å². The number of non-ortho nitro benzene ring substituents is 1. The Kier molecular flexibility index (Phi) is 3.72. The molecule has 1 aromatic carbocycles. The molecule has 0 radical (unpaired) electrons. The molecule has 0 spiro atoms. The molecule has 0 unspecified atom stereocenters. The van der Waals surface area contributed by atoms with Crippen LogP contribution in [0.5, 0.6) is 0 Å². The lowest BCUT2D eigenvalue weighted by Crippen LogP contribution is -2.21. The van der Waals surface area contributed by atoms with Crippen LogP contribution in [0.1, 0.15) is 0 Å². The predicted octanol–water partition coefficient (Wildman–Crippen LogP) is 1.22. The summed E-state index contributed by atoms with van der Waals surface area (Å²) in [4.78, 5) is 23.1. The Labute approximate surface area is 117 Å². The molecule has 21 heavy (non-hydrogen) atoms. The molecule has 2 rings (SSSR count). The number of hydrogen-bond donors (Lipinski definition) is 2. The van der Waals surface area contributed by atoms with E-state index in [-0.39, 0.29) is 5.69 Å². The number of rotatable bonds is 4. The van der Waals surface area contributed by atoms with Gasteiger partial charge in [-0.15, -0.1) is 0 Å². The predicted molar refractivity (Wildman–Crippen MR) is 70.9 cm³/mol. The van der Waals surface area contributed by atoms with Gasteiger partial charge in [0.25, 0.3) is 15.7 Å². The van der Waals surface area contributed by atoms with E-state index in [4.69, 9.17) is 0 Å². The van der Waals surface area contributed by atoms with Gasteiger partial charge in [-0.3, -0.25) is 19.6 Å². The summed E-state index contributed by atoms with van der Waals surface area (Å²) >= 11 is 0. The number of aromatic nitrogens is 1. The lowest BCUT2D eigenvalue weighted by molar-refractivity contribution is -0.385. The Bertz CT molecular complexity index is 862. The van der Waals surface area contributed by atoms with Gasteiger partial charge < -0.3 is 4.98 Å². The molecule has 0 amide bonds. The molecular weight excluding hydrogens is 305 g/mol. The van der Waals surface area contributed by atoms with Crippen LogP contribution in [-0.2, 0) is 10.0 Å². The maximum atomic E-state index is 13.2. The van der Waals surface area contributed by atoms with Crippen molar-refractivity contribution < 1.29 is 17.7 Å². The highest BCUT2D eigenvalue weighted by Gasteiger charge is 2.19. The number of benzene rings is 1. The van der Waals surface area contributed by atoms with E-state index in [0.29, 0.717) is 6.07 Å². The van der Waals surface area contributed by atoms with Crippen molar-refractivity contribution in [2.75, 3.05) is 4.72 Å². The van der Waals surface area contributed by atoms with Gasteiger partial charge in [0.2, 0.25) is 5.43 Å². The van der Waals surface area contributed by atoms with Crippen LogP contribution in [0.2, 0.25) is 0 Å². The van der Waals surface area contributed by atoms with Crippen molar-refractivity contribution in [1.82, 2.24) is 4.98 Å². The van der Waals surface area contributed by atoms with Crippen molar-refractivity contribution in [2.24, 2.45) is 0 Å². The van der Waals surface area contributed by atoms with Gasteiger partial charge in [0.1, 0.15) is 5.82 Å². The molecule has 0 saturated heterocycles. The number of H-pyrrole nitrogens is 1. The molecule has 110 valence electrons. The number of nitro groups is 1. The van der Waals surface area contributed by atoms with Crippen LogP contribution in [0.25, 0.3) is 0 Å². The zero-order valence-corrected chi connectivity index (χ0v) is 11.1. The number of aromatic amines is 1. The first kappa shape index (κ1) is 14.7. The molecule has 8 nitrogen and oxygen atoms in total. The van der Waals surface area contributed by atoms with E-state index in [0.717, 1.165) is 24.4 Å². The highest BCUT2D eigenvalue weighted by Crippen LogP contribution is 2.21. The van der Waals surface area contributed by atoms with Crippen LogP contribution in [0.15, 0.2) is 46.3 Å². The molecule has 0 aliphatic carbocycles. The first-order chi connectivity index (χ1) is 9.79. The number of pyridine rings is 1. The van der Waals surface area contributed by atoms with Gasteiger partial charge in [0, 0.05) is 24.5 Å². The van der Waals surface area contributed by atoms with Crippen LogP contribution < -0.4 is 10.2 Å². The third kappa shape index (κ3) is 3.23. The van der Waals surface area contributed by atoms with Crippen molar-refractivity contribution >= 4 is 21.4 Å². The van der Waals surface area contributed by atoms with Crippen molar-refractivity contribution in [3.63, 3.8) is 0 Å². The topological polar surface area (TPSA) is 122 Å². The van der Waals surface area contributed by atoms with Crippen molar-refractivity contribution in [3.8, 4) is 0 Å². The normalized spacial score (nSPS) is 11.1. The highest BCUT2D eigenvalue weighted by atomic mass is 32.2. The minimum Gasteiger partial charge on any atom is -0.366 e. The van der Waals surface area contributed by atoms with E-state index in [1.54, 1.807) is 0 Å². The number of sulfonamides is 1. The lowest BCUT2D eigenvalue weighted by Gasteiger charge is -2.07. The average molecular weight is 313 g/mol. The maximum absolute atomic E-state index is 13.2. The Balaban J connectivity index is 2.44. The standard InChI is InChI=1S/C11H8FN3O5S/c12-7-3-8(5-9(4-7)15(17)18)14-21(19,20)11-6-13-2-1-10(11)16/h1-6,14H,(H,13,16). The van der Waals surface area contributed by atoms with E-state index < -0.39 is 36.8 Å². The third-order valence-electron chi connectivity index (χ3n) is 2.42. The fourth-order valence-electron chi connectivity index (χ4n) is 1.56. The summed E-state index contributed by atoms with van der Waals surface area (Å²) in [5.74, 6) is -0.983. The minimum absolute atomic E-state index is 0.357. The molecular formula is C11H8FN3O5S. The van der Waals surface area contributed by atoms with Crippen molar-refractivity contribution in [2.45, 2.75) is 4.90 Å². The molecule has 0 aliphatic rings. The number of nitro benzene ring substituents is 1. The fraction of sp³-hybridized carbons (Fsp3) is 0. The third-order valence-corrected chi connectivity index (χ3v) is 3.83. The van der Waals surface area contributed by atoms with Gasteiger partial charge in [-0.2, -0.15) is 0 Å². The summed E-state index contributed by atoms with van der Waals surface area (Å²) in [5, 5.41) is 10.6. The Morgan fingerprint density at radius 1 is 1.29 bits per heavy atom. The second kappa shape index (κ2) is 5.32. The molecule has 2 aromatic rings. The second-order valence-electron chi connectivity index (χ2n) is 3.93.